The predicted molar refractivity (Wildman–Crippen MR) is 62.2 cm³/mol. The van der Waals surface area contributed by atoms with Crippen LogP contribution in [0.2, 0.25) is 0 Å². The number of nitrogens with one attached hydrogen (secondary N) is 1. The highest BCUT2D eigenvalue weighted by atomic mass is 16.3. The number of benzene rings is 1. The molecule has 15 heavy (non-hydrogen) atoms. The van der Waals surface area contributed by atoms with E-state index >= 15 is 0 Å². The number of hydrogen-bond donors (Lipinski definition) is 2. The summed E-state index contributed by atoms with van der Waals surface area (Å²) in [6.07, 6.45) is 0.771. The van der Waals surface area contributed by atoms with E-state index in [1.54, 1.807) is 0 Å². The van der Waals surface area contributed by atoms with Gasteiger partial charge in [-0.15, -0.1) is 0 Å². The van der Waals surface area contributed by atoms with E-state index in [9.17, 15) is 5.11 Å². The Morgan fingerprint density at radius 2 is 1.73 bits per heavy atom. The number of aliphatic hydroxyl groups is 1. The van der Waals surface area contributed by atoms with Gasteiger partial charge in [0.1, 0.15) is 0 Å². The quantitative estimate of drug-likeness (QED) is 0.766. The first kappa shape index (κ1) is 10.7. The zero-order chi connectivity index (χ0) is 11.1. The third kappa shape index (κ3) is 2.06. The van der Waals surface area contributed by atoms with Gasteiger partial charge < -0.3 is 10.4 Å². The third-order valence-corrected chi connectivity index (χ3v) is 3.38. The second-order valence-corrected chi connectivity index (χ2v) is 4.87. The van der Waals surface area contributed by atoms with Crippen LogP contribution in [-0.4, -0.2) is 23.8 Å². The molecule has 1 fully saturated rings. The molecule has 1 aliphatic rings. The fourth-order valence-electron chi connectivity index (χ4n) is 2.10. The van der Waals surface area contributed by atoms with E-state index in [1.807, 2.05) is 0 Å². The van der Waals surface area contributed by atoms with Crippen LogP contribution in [0.1, 0.15) is 22.3 Å². The van der Waals surface area contributed by atoms with Crippen LogP contribution in [-0.2, 0) is 6.42 Å². The zero-order valence-electron chi connectivity index (χ0n) is 9.72. The van der Waals surface area contributed by atoms with Gasteiger partial charge in [-0.3, -0.25) is 0 Å². The van der Waals surface area contributed by atoms with Gasteiger partial charge >= 0.3 is 0 Å². The molecule has 2 nitrogen and oxygen atoms in total. The molecule has 0 bridgehead atoms. The molecule has 1 aliphatic heterocycles. The van der Waals surface area contributed by atoms with E-state index in [4.69, 9.17) is 0 Å². The van der Waals surface area contributed by atoms with Crippen LogP contribution in [0.3, 0.4) is 0 Å². The van der Waals surface area contributed by atoms with Gasteiger partial charge in [0.2, 0.25) is 0 Å². The summed E-state index contributed by atoms with van der Waals surface area (Å²) in [5.41, 5.74) is 4.70. The average molecular weight is 205 g/mol. The molecule has 0 amide bonds. The van der Waals surface area contributed by atoms with Gasteiger partial charge in [0.05, 0.1) is 5.60 Å². The van der Waals surface area contributed by atoms with Crippen molar-refractivity contribution in [2.75, 3.05) is 13.1 Å². The lowest BCUT2D eigenvalue weighted by atomic mass is 9.86. The molecule has 82 valence electrons. The molecule has 0 aliphatic carbocycles. The average Bonchev–Trinajstić information content (AvgIpc) is 2.11. The predicted octanol–water partition coefficient (Wildman–Crippen LogP) is 1.49. The maximum atomic E-state index is 10.1. The zero-order valence-corrected chi connectivity index (χ0v) is 9.72. The largest absolute Gasteiger partial charge is 0.387 e. The molecule has 1 aromatic rings. The Labute approximate surface area is 91.3 Å². The summed E-state index contributed by atoms with van der Waals surface area (Å²) < 4.78 is 0. The molecule has 0 aromatic heterocycles. The highest BCUT2D eigenvalue weighted by Crippen LogP contribution is 2.22. The maximum absolute atomic E-state index is 10.1. The van der Waals surface area contributed by atoms with Gasteiger partial charge in [-0.1, -0.05) is 12.1 Å². The lowest BCUT2D eigenvalue weighted by Crippen LogP contribution is -2.60. The van der Waals surface area contributed by atoms with Crippen molar-refractivity contribution in [3.8, 4) is 0 Å². The third-order valence-electron chi connectivity index (χ3n) is 3.38. The standard InChI is InChI=1S/C13H19NO/c1-9-4-11(3)12(5-10(9)2)6-13(15)7-14-8-13/h4-5,14-15H,6-8H2,1-3H3. The van der Waals surface area contributed by atoms with E-state index in [0.29, 0.717) is 0 Å². The van der Waals surface area contributed by atoms with Crippen LogP contribution in [0.5, 0.6) is 0 Å². The summed E-state index contributed by atoms with van der Waals surface area (Å²) in [5, 5.41) is 13.2. The molecule has 0 radical (unpaired) electrons. The Morgan fingerprint density at radius 3 is 2.27 bits per heavy atom. The van der Waals surface area contributed by atoms with E-state index < -0.39 is 5.60 Å². The monoisotopic (exact) mass is 205 g/mol. The fraction of sp³-hybridized carbons (Fsp3) is 0.538. The highest BCUT2D eigenvalue weighted by molar-refractivity contribution is 5.37. The normalized spacial score (nSPS) is 18.7. The molecule has 1 heterocycles. The maximum Gasteiger partial charge on any atom is 0.0935 e. The van der Waals surface area contributed by atoms with E-state index in [0.717, 1.165) is 19.5 Å². The van der Waals surface area contributed by atoms with Gasteiger partial charge in [-0.25, -0.2) is 0 Å². The number of hydrogen-bond acceptors (Lipinski definition) is 2. The van der Waals surface area contributed by atoms with Crippen LogP contribution >= 0.6 is 0 Å². The van der Waals surface area contributed by atoms with Crippen LogP contribution in [0.25, 0.3) is 0 Å². The lowest BCUT2D eigenvalue weighted by Gasteiger charge is -2.38. The summed E-state index contributed by atoms with van der Waals surface area (Å²) in [6.45, 7) is 7.82. The SMILES string of the molecule is Cc1cc(C)c(CC2(O)CNC2)cc1C. The summed E-state index contributed by atoms with van der Waals surface area (Å²) in [7, 11) is 0. The Balaban J connectivity index is 2.24. The Morgan fingerprint density at radius 1 is 1.13 bits per heavy atom. The van der Waals surface area contributed by atoms with Crippen molar-refractivity contribution in [2.24, 2.45) is 0 Å². The molecule has 1 aromatic carbocycles. The van der Waals surface area contributed by atoms with Crippen molar-refractivity contribution >= 4 is 0 Å². The second kappa shape index (κ2) is 3.62. The van der Waals surface area contributed by atoms with Crippen LogP contribution in [0.15, 0.2) is 12.1 Å². The smallest absolute Gasteiger partial charge is 0.0935 e. The van der Waals surface area contributed by atoms with Crippen molar-refractivity contribution in [3.05, 3.63) is 34.4 Å². The van der Waals surface area contributed by atoms with Crippen molar-refractivity contribution < 1.29 is 5.11 Å². The van der Waals surface area contributed by atoms with Crippen LogP contribution in [0, 0.1) is 20.8 Å². The van der Waals surface area contributed by atoms with Gasteiger partial charge in [0.15, 0.2) is 0 Å². The summed E-state index contributed by atoms with van der Waals surface area (Å²) in [4.78, 5) is 0. The van der Waals surface area contributed by atoms with Crippen molar-refractivity contribution in [1.82, 2.24) is 5.32 Å². The first-order chi connectivity index (χ1) is 7.00. The lowest BCUT2D eigenvalue weighted by molar-refractivity contribution is -0.00915. The summed E-state index contributed by atoms with van der Waals surface area (Å²) in [5.74, 6) is 0. The first-order valence-corrected chi connectivity index (χ1v) is 5.50. The van der Waals surface area contributed by atoms with E-state index in [1.165, 1.54) is 22.3 Å². The minimum absolute atomic E-state index is 0.507. The van der Waals surface area contributed by atoms with Crippen LogP contribution < -0.4 is 5.32 Å². The molecule has 0 spiro atoms. The second-order valence-electron chi connectivity index (χ2n) is 4.87. The molecule has 2 heteroatoms. The molecule has 1 saturated heterocycles. The minimum Gasteiger partial charge on any atom is -0.387 e. The van der Waals surface area contributed by atoms with Gasteiger partial charge in [-0.05, 0) is 43.0 Å². The molecule has 0 atom stereocenters. The molecular formula is C13H19NO. The molecule has 2 rings (SSSR count). The number of rotatable bonds is 2. The van der Waals surface area contributed by atoms with E-state index in [2.05, 4.69) is 38.2 Å². The minimum atomic E-state index is -0.507. The topological polar surface area (TPSA) is 32.3 Å². The van der Waals surface area contributed by atoms with Crippen molar-refractivity contribution in [2.45, 2.75) is 32.8 Å². The number of β-amino-alcohol motifs (C(OH)–C–C–N with tert-alkyl or cyclic N) is 1. The van der Waals surface area contributed by atoms with Gasteiger partial charge in [0, 0.05) is 19.5 Å². The highest BCUT2D eigenvalue weighted by Gasteiger charge is 2.34. The van der Waals surface area contributed by atoms with Crippen molar-refractivity contribution in [1.29, 1.82) is 0 Å². The van der Waals surface area contributed by atoms with Gasteiger partial charge in [-0.2, -0.15) is 0 Å². The molecular weight excluding hydrogens is 186 g/mol. The molecule has 2 N–H and O–H groups in total. The Bertz CT molecular complexity index is 380. The van der Waals surface area contributed by atoms with Crippen LogP contribution in [0.4, 0.5) is 0 Å². The summed E-state index contributed by atoms with van der Waals surface area (Å²) >= 11 is 0. The molecule has 0 unspecified atom stereocenters. The summed E-state index contributed by atoms with van der Waals surface area (Å²) in [6, 6.07) is 4.42. The first-order valence-electron chi connectivity index (χ1n) is 5.50. The molecule has 0 saturated carbocycles. The van der Waals surface area contributed by atoms with E-state index in [-0.39, 0.29) is 0 Å². The van der Waals surface area contributed by atoms with Crippen molar-refractivity contribution in [3.63, 3.8) is 0 Å². The van der Waals surface area contributed by atoms with Gasteiger partial charge in [0.25, 0.3) is 0 Å². The fourth-order valence-corrected chi connectivity index (χ4v) is 2.10. The Hall–Kier alpha value is -0.860. The number of aryl methyl sites for hydroxylation is 3. The Kier molecular flexibility index (Phi) is 2.57.